The summed E-state index contributed by atoms with van der Waals surface area (Å²) < 4.78 is 8.48. The van der Waals surface area contributed by atoms with E-state index in [-0.39, 0.29) is 0 Å². The lowest BCUT2D eigenvalue weighted by Crippen LogP contribution is -2.03. The van der Waals surface area contributed by atoms with Gasteiger partial charge in [0.1, 0.15) is 12.4 Å². The van der Waals surface area contributed by atoms with E-state index >= 15 is 0 Å². The molecule has 0 spiro atoms. The van der Waals surface area contributed by atoms with E-state index < -0.39 is 0 Å². The van der Waals surface area contributed by atoms with Gasteiger partial charge < -0.3 is 10.5 Å². The summed E-state index contributed by atoms with van der Waals surface area (Å²) >= 11 is 3.39. The van der Waals surface area contributed by atoms with Crippen LogP contribution >= 0.6 is 15.9 Å². The summed E-state index contributed by atoms with van der Waals surface area (Å²) in [5.41, 5.74) is 8.56. The molecule has 1 aromatic carbocycles. The zero-order valence-electron chi connectivity index (χ0n) is 10.5. The Balaban J connectivity index is 2.08. The summed E-state index contributed by atoms with van der Waals surface area (Å²) in [6.45, 7) is 2.57. The number of nitrogens with two attached hydrogens (primary N) is 1. The van der Waals surface area contributed by atoms with Crippen molar-refractivity contribution < 1.29 is 4.74 Å². The maximum Gasteiger partial charge on any atom is 0.130 e. The first-order chi connectivity index (χ1) is 8.58. The summed E-state index contributed by atoms with van der Waals surface area (Å²) in [4.78, 5) is 0. The summed E-state index contributed by atoms with van der Waals surface area (Å²) in [7, 11) is 1.92. The fourth-order valence-electron chi connectivity index (χ4n) is 1.70. The average Bonchev–Trinajstić information content (AvgIpc) is 2.66. The van der Waals surface area contributed by atoms with Crippen LogP contribution in [0, 0.1) is 0 Å². The molecule has 0 bridgehead atoms. The van der Waals surface area contributed by atoms with Crippen molar-refractivity contribution in [1.82, 2.24) is 9.78 Å². The maximum atomic E-state index is 5.76. The monoisotopic (exact) mass is 309 g/mol. The van der Waals surface area contributed by atoms with Crippen molar-refractivity contribution in [1.29, 1.82) is 0 Å². The fraction of sp³-hybridized carbons (Fsp3) is 0.308. The highest BCUT2D eigenvalue weighted by Gasteiger charge is 2.05. The number of halogens is 1. The van der Waals surface area contributed by atoms with Gasteiger partial charge in [-0.1, -0.05) is 22.9 Å². The van der Waals surface area contributed by atoms with Crippen LogP contribution in [0.4, 0.5) is 5.69 Å². The molecule has 0 aliphatic heterocycles. The largest absolute Gasteiger partial charge is 0.487 e. The third-order valence-electron chi connectivity index (χ3n) is 2.67. The molecule has 96 valence electrons. The van der Waals surface area contributed by atoms with Crippen molar-refractivity contribution in [2.24, 2.45) is 7.05 Å². The molecule has 0 aliphatic carbocycles. The van der Waals surface area contributed by atoms with Crippen molar-refractivity contribution in [3.63, 3.8) is 0 Å². The lowest BCUT2D eigenvalue weighted by atomic mass is 10.3. The summed E-state index contributed by atoms with van der Waals surface area (Å²) in [5.74, 6) is 0.751. The molecule has 2 N–H and O–H groups in total. The van der Waals surface area contributed by atoms with Crippen molar-refractivity contribution in [3.05, 3.63) is 40.1 Å². The normalized spacial score (nSPS) is 10.6. The lowest BCUT2D eigenvalue weighted by molar-refractivity contribution is 0.295. The first-order valence-electron chi connectivity index (χ1n) is 5.79. The zero-order valence-corrected chi connectivity index (χ0v) is 12.1. The Morgan fingerprint density at radius 1 is 1.33 bits per heavy atom. The van der Waals surface area contributed by atoms with Crippen LogP contribution < -0.4 is 10.5 Å². The molecule has 4 nitrogen and oxygen atoms in total. The minimum Gasteiger partial charge on any atom is -0.487 e. The molecule has 0 saturated heterocycles. The molecule has 0 saturated carbocycles. The second-order valence-electron chi connectivity index (χ2n) is 4.11. The minimum absolute atomic E-state index is 0.486. The number of hydrogen-bond acceptors (Lipinski definition) is 3. The number of nitrogens with zero attached hydrogens (tertiary/aromatic N) is 2. The molecule has 18 heavy (non-hydrogen) atoms. The molecule has 2 aromatic rings. The first-order valence-corrected chi connectivity index (χ1v) is 6.58. The summed E-state index contributed by atoms with van der Waals surface area (Å²) in [6, 6.07) is 7.60. The molecule has 0 atom stereocenters. The highest BCUT2D eigenvalue weighted by atomic mass is 79.9. The number of benzene rings is 1. The standard InChI is InChI=1S/C13H16BrN3O/c1-3-11-7-12(17(2)16-11)8-18-13-5-9(14)4-10(15)6-13/h4-7H,3,8,15H2,1-2H3. The smallest absolute Gasteiger partial charge is 0.130 e. The van der Waals surface area contributed by atoms with Gasteiger partial charge in [0.15, 0.2) is 0 Å². The molecule has 1 aromatic heterocycles. The van der Waals surface area contributed by atoms with Crippen molar-refractivity contribution in [2.75, 3.05) is 5.73 Å². The SMILES string of the molecule is CCc1cc(COc2cc(N)cc(Br)c2)n(C)n1. The van der Waals surface area contributed by atoms with Crippen molar-refractivity contribution in [3.8, 4) is 5.75 Å². The zero-order chi connectivity index (χ0) is 13.1. The molecular weight excluding hydrogens is 294 g/mol. The Kier molecular flexibility index (Phi) is 3.91. The van der Waals surface area contributed by atoms with Crippen molar-refractivity contribution in [2.45, 2.75) is 20.0 Å². The van der Waals surface area contributed by atoms with Gasteiger partial charge in [0.25, 0.3) is 0 Å². The Labute approximate surface area is 115 Å². The number of hydrogen-bond donors (Lipinski definition) is 1. The van der Waals surface area contributed by atoms with Crippen LogP contribution in [-0.2, 0) is 20.1 Å². The lowest BCUT2D eigenvalue weighted by Gasteiger charge is -2.07. The highest BCUT2D eigenvalue weighted by molar-refractivity contribution is 9.10. The van der Waals surface area contributed by atoms with E-state index in [0.717, 1.165) is 28.0 Å². The molecule has 0 radical (unpaired) electrons. The van der Waals surface area contributed by atoms with E-state index in [1.165, 1.54) is 0 Å². The second-order valence-corrected chi connectivity index (χ2v) is 5.03. The van der Waals surface area contributed by atoms with Crippen LogP contribution in [0.15, 0.2) is 28.7 Å². The van der Waals surface area contributed by atoms with Crippen molar-refractivity contribution >= 4 is 21.6 Å². The molecule has 5 heteroatoms. The van der Waals surface area contributed by atoms with Crippen LogP contribution in [0.1, 0.15) is 18.3 Å². The molecule has 0 aliphatic rings. The van der Waals surface area contributed by atoms with Crippen LogP contribution in [-0.4, -0.2) is 9.78 Å². The first kappa shape index (κ1) is 13.0. The Morgan fingerprint density at radius 3 is 2.72 bits per heavy atom. The third kappa shape index (κ3) is 3.04. The quantitative estimate of drug-likeness (QED) is 0.884. The minimum atomic E-state index is 0.486. The topological polar surface area (TPSA) is 53.1 Å². The van der Waals surface area contributed by atoms with Gasteiger partial charge in [-0.15, -0.1) is 0 Å². The van der Waals surface area contributed by atoms with E-state index in [1.54, 1.807) is 0 Å². The summed E-state index contributed by atoms with van der Waals surface area (Å²) in [6.07, 6.45) is 0.928. The number of nitrogen functional groups attached to an aromatic ring is 1. The predicted octanol–water partition coefficient (Wildman–Crippen LogP) is 2.91. The van der Waals surface area contributed by atoms with Gasteiger partial charge in [0.05, 0.1) is 11.4 Å². The van der Waals surface area contributed by atoms with Gasteiger partial charge in [-0.2, -0.15) is 5.10 Å². The molecule has 0 amide bonds. The Morgan fingerprint density at radius 2 is 2.11 bits per heavy atom. The number of aryl methyl sites for hydroxylation is 2. The van der Waals surface area contributed by atoms with Gasteiger partial charge in [-0.05, 0) is 24.6 Å². The predicted molar refractivity (Wildman–Crippen MR) is 75.5 cm³/mol. The summed E-state index contributed by atoms with van der Waals surface area (Å²) in [5, 5.41) is 4.38. The fourth-order valence-corrected chi connectivity index (χ4v) is 2.19. The van der Waals surface area contributed by atoms with Gasteiger partial charge in [0.2, 0.25) is 0 Å². The van der Waals surface area contributed by atoms with Gasteiger partial charge in [0, 0.05) is 23.3 Å². The third-order valence-corrected chi connectivity index (χ3v) is 3.13. The number of rotatable bonds is 4. The Hall–Kier alpha value is -1.49. The highest BCUT2D eigenvalue weighted by Crippen LogP contribution is 2.23. The average molecular weight is 310 g/mol. The molecule has 0 unspecified atom stereocenters. The maximum absolute atomic E-state index is 5.76. The van der Waals surface area contributed by atoms with Gasteiger partial charge in [-0.3, -0.25) is 4.68 Å². The molecule has 2 rings (SSSR count). The van der Waals surface area contributed by atoms with Crippen LogP contribution in [0.3, 0.4) is 0 Å². The van der Waals surface area contributed by atoms with Crippen LogP contribution in [0.5, 0.6) is 5.75 Å². The van der Waals surface area contributed by atoms with Gasteiger partial charge in [-0.25, -0.2) is 0 Å². The van der Waals surface area contributed by atoms with Crippen LogP contribution in [0.2, 0.25) is 0 Å². The van der Waals surface area contributed by atoms with Crippen LogP contribution in [0.25, 0.3) is 0 Å². The van der Waals surface area contributed by atoms with E-state index in [1.807, 2.05) is 29.9 Å². The molecule has 0 fully saturated rings. The van der Waals surface area contributed by atoms with E-state index in [9.17, 15) is 0 Å². The van der Waals surface area contributed by atoms with E-state index in [0.29, 0.717) is 12.3 Å². The van der Waals surface area contributed by atoms with Gasteiger partial charge >= 0.3 is 0 Å². The van der Waals surface area contributed by atoms with E-state index in [4.69, 9.17) is 10.5 Å². The number of ether oxygens (including phenoxy) is 1. The van der Waals surface area contributed by atoms with E-state index in [2.05, 4.69) is 34.0 Å². The number of anilines is 1. The molecular formula is C13H16BrN3O. The molecule has 1 heterocycles. The Bertz CT molecular complexity index is 531. The second kappa shape index (κ2) is 5.44. The number of aromatic nitrogens is 2.